The van der Waals surface area contributed by atoms with Crippen LogP contribution in [0.1, 0.15) is 5.56 Å². The average Bonchev–Trinajstić information content (AvgIpc) is 3.36. The molecule has 16 nitrogen and oxygen atoms in total. The maximum atomic E-state index is 14.3. The molecule has 2 aliphatic rings. The van der Waals surface area contributed by atoms with Gasteiger partial charge in [0.2, 0.25) is 17.5 Å². The van der Waals surface area contributed by atoms with Gasteiger partial charge in [0.1, 0.15) is 58.2 Å². The van der Waals surface area contributed by atoms with Gasteiger partial charge < -0.3 is 73.3 Å². The van der Waals surface area contributed by atoms with E-state index < -0.39 is 86.3 Å². The van der Waals surface area contributed by atoms with Gasteiger partial charge in [-0.1, -0.05) is 0 Å². The van der Waals surface area contributed by atoms with Crippen molar-refractivity contribution in [1.29, 1.82) is 0 Å². The summed E-state index contributed by atoms with van der Waals surface area (Å²) in [5, 5.41) is 72.0. The molecule has 46 heavy (non-hydrogen) atoms. The van der Waals surface area contributed by atoms with Gasteiger partial charge in [-0.2, -0.15) is 0 Å². The number of benzene rings is 2. The van der Waals surface area contributed by atoms with Crippen LogP contribution in [0.2, 0.25) is 0 Å². The monoisotopic (exact) mass is 652 g/mol. The van der Waals surface area contributed by atoms with Crippen molar-refractivity contribution >= 4 is 11.0 Å². The molecule has 2 fully saturated rings. The summed E-state index contributed by atoms with van der Waals surface area (Å²) in [4.78, 5) is 14.3. The summed E-state index contributed by atoms with van der Waals surface area (Å²) in [5.74, 6) is -0.00645. The number of hydrogen-bond acceptors (Lipinski definition) is 16. The van der Waals surface area contributed by atoms with Gasteiger partial charge in [-0.15, -0.1) is 0 Å². The van der Waals surface area contributed by atoms with E-state index in [1.165, 1.54) is 27.4 Å². The van der Waals surface area contributed by atoms with Gasteiger partial charge in [-0.3, -0.25) is 4.79 Å². The van der Waals surface area contributed by atoms with Crippen LogP contribution in [0.4, 0.5) is 0 Å². The highest BCUT2D eigenvalue weighted by molar-refractivity contribution is 5.90. The Balaban J connectivity index is 1.67. The number of aliphatic hydroxyl groups is 7. The zero-order valence-electron chi connectivity index (χ0n) is 25.1. The topological polar surface area (TPSA) is 236 Å². The molecule has 2 aromatic carbocycles. The van der Waals surface area contributed by atoms with Crippen LogP contribution in [0.5, 0.6) is 23.0 Å². The highest BCUT2D eigenvalue weighted by atomic mass is 16.8. The fourth-order valence-electron chi connectivity index (χ4n) is 5.39. The SMILES string of the molecule is COc1ccc(-c2oc3cc(OC)c(CO)c(OC)c3c(=O)c2O[C@@H]2O[C@H](CO)[C@H](O)[C@H](O)[C@H]2O[C@@H]2OC[C@](O)(CO)[C@H]2O)cc1. The first-order valence-electron chi connectivity index (χ1n) is 14.1. The first-order chi connectivity index (χ1) is 22.0. The lowest BCUT2D eigenvalue weighted by Gasteiger charge is -2.42. The van der Waals surface area contributed by atoms with E-state index >= 15 is 0 Å². The van der Waals surface area contributed by atoms with Crippen molar-refractivity contribution < 1.29 is 73.3 Å². The Labute approximate surface area is 261 Å². The number of aliphatic hydroxyl groups excluding tert-OH is 6. The minimum atomic E-state index is -2.09. The fourth-order valence-corrected chi connectivity index (χ4v) is 5.39. The van der Waals surface area contributed by atoms with Crippen LogP contribution in [0, 0.1) is 0 Å². The summed E-state index contributed by atoms with van der Waals surface area (Å²) in [6.45, 7) is -2.74. The molecule has 0 bridgehead atoms. The molecule has 2 aliphatic heterocycles. The minimum Gasteiger partial charge on any atom is -0.497 e. The lowest BCUT2D eigenvalue weighted by Crippen LogP contribution is -2.62. The Hall–Kier alpha value is -3.55. The van der Waals surface area contributed by atoms with E-state index in [2.05, 4.69) is 0 Å². The van der Waals surface area contributed by atoms with Crippen molar-refractivity contribution in [3.63, 3.8) is 0 Å². The molecule has 0 amide bonds. The number of rotatable bonds is 11. The standard InChI is InChI=1S/C30H36O16/c1-39-14-6-4-13(5-7-14)23-25(21(35)19-17(43-23)8-16(40-2)15(9-31)24(19)41-3)45-28-26(22(36)20(34)18(10-32)44-28)46-29-27(37)30(38,11-33)12-42-29/h4-8,18,20,22,26-29,31-34,36-38H,9-12H2,1-3H3/t18-,20+,22+,26-,27+,28+,29+,30-/m1/s1. The maximum Gasteiger partial charge on any atom is 0.239 e. The van der Waals surface area contributed by atoms with E-state index in [1.54, 1.807) is 24.3 Å². The van der Waals surface area contributed by atoms with Crippen LogP contribution in [-0.4, -0.2) is 126 Å². The Morgan fingerprint density at radius 1 is 0.935 bits per heavy atom. The second-order valence-corrected chi connectivity index (χ2v) is 10.8. The third-order valence-electron chi connectivity index (χ3n) is 8.02. The van der Waals surface area contributed by atoms with Crippen molar-refractivity contribution in [2.45, 2.75) is 55.3 Å². The summed E-state index contributed by atoms with van der Waals surface area (Å²) in [5.41, 5.74) is -2.42. The van der Waals surface area contributed by atoms with E-state index in [4.69, 9.17) is 37.6 Å². The molecule has 8 atom stereocenters. The van der Waals surface area contributed by atoms with Crippen molar-refractivity contribution in [2.75, 3.05) is 41.2 Å². The predicted octanol–water partition coefficient (Wildman–Crippen LogP) is -1.38. The van der Waals surface area contributed by atoms with Crippen LogP contribution in [0.3, 0.4) is 0 Å². The van der Waals surface area contributed by atoms with Gasteiger partial charge in [0.15, 0.2) is 18.2 Å². The average molecular weight is 653 g/mol. The molecule has 0 spiro atoms. The number of hydrogen-bond donors (Lipinski definition) is 7. The molecular formula is C30H36O16. The van der Waals surface area contributed by atoms with Gasteiger partial charge in [-0.05, 0) is 24.3 Å². The highest BCUT2D eigenvalue weighted by Gasteiger charge is 2.53. The third kappa shape index (κ3) is 5.88. The number of methoxy groups -OCH3 is 3. The van der Waals surface area contributed by atoms with Gasteiger partial charge in [-0.25, -0.2) is 0 Å². The Morgan fingerprint density at radius 3 is 2.22 bits per heavy atom. The predicted molar refractivity (Wildman–Crippen MR) is 155 cm³/mol. The Bertz CT molecular complexity index is 1570. The molecule has 5 rings (SSSR count). The van der Waals surface area contributed by atoms with Crippen molar-refractivity contribution in [1.82, 2.24) is 0 Å². The summed E-state index contributed by atoms with van der Waals surface area (Å²) in [7, 11) is 4.12. The summed E-state index contributed by atoms with van der Waals surface area (Å²) >= 11 is 0. The summed E-state index contributed by atoms with van der Waals surface area (Å²) < 4.78 is 45.2. The maximum absolute atomic E-state index is 14.3. The van der Waals surface area contributed by atoms with E-state index in [1.807, 2.05) is 0 Å². The quantitative estimate of drug-likeness (QED) is 0.126. The fraction of sp³-hybridized carbons (Fsp3) is 0.500. The smallest absolute Gasteiger partial charge is 0.239 e. The summed E-state index contributed by atoms with van der Waals surface area (Å²) in [6.07, 6.45) is -11.9. The van der Waals surface area contributed by atoms with Crippen molar-refractivity contribution in [3.05, 3.63) is 46.1 Å². The van der Waals surface area contributed by atoms with E-state index in [0.717, 1.165) is 0 Å². The number of ether oxygens (including phenoxy) is 7. The second-order valence-electron chi connectivity index (χ2n) is 10.8. The Morgan fingerprint density at radius 2 is 1.65 bits per heavy atom. The molecule has 2 saturated heterocycles. The summed E-state index contributed by atoms with van der Waals surface area (Å²) in [6, 6.07) is 7.76. The third-order valence-corrected chi connectivity index (χ3v) is 8.02. The van der Waals surface area contributed by atoms with Crippen molar-refractivity contribution in [2.24, 2.45) is 0 Å². The van der Waals surface area contributed by atoms with Crippen LogP contribution in [0.25, 0.3) is 22.3 Å². The van der Waals surface area contributed by atoms with Gasteiger partial charge in [0.05, 0.1) is 53.3 Å². The molecule has 1 aromatic heterocycles. The second kappa shape index (κ2) is 13.7. The molecule has 0 aliphatic carbocycles. The first kappa shape index (κ1) is 33.8. The van der Waals surface area contributed by atoms with Crippen LogP contribution >= 0.6 is 0 Å². The first-order valence-corrected chi connectivity index (χ1v) is 14.1. The molecule has 3 aromatic rings. The van der Waals surface area contributed by atoms with Gasteiger partial charge >= 0.3 is 0 Å². The molecule has 0 saturated carbocycles. The van der Waals surface area contributed by atoms with Gasteiger partial charge in [0.25, 0.3) is 0 Å². The molecule has 3 heterocycles. The molecule has 0 unspecified atom stereocenters. The molecule has 16 heteroatoms. The molecular weight excluding hydrogens is 616 g/mol. The lowest BCUT2D eigenvalue weighted by molar-refractivity contribution is -0.319. The van der Waals surface area contributed by atoms with Gasteiger partial charge in [0, 0.05) is 11.6 Å². The normalized spacial score (nSPS) is 29.6. The largest absolute Gasteiger partial charge is 0.497 e. The van der Waals surface area contributed by atoms with Crippen LogP contribution < -0.4 is 24.4 Å². The lowest BCUT2D eigenvalue weighted by atomic mass is 9.98. The van der Waals surface area contributed by atoms with E-state index in [-0.39, 0.29) is 33.8 Å². The van der Waals surface area contributed by atoms with E-state index in [0.29, 0.717) is 11.3 Å². The zero-order valence-corrected chi connectivity index (χ0v) is 25.1. The van der Waals surface area contributed by atoms with Crippen LogP contribution in [-0.2, 0) is 20.8 Å². The Kier molecular flexibility index (Phi) is 10.0. The van der Waals surface area contributed by atoms with Crippen LogP contribution in [0.15, 0.2) is 39.5 Å². The molecule has 252 valence electrons. The highest BCUT2D eigenvalue weighted by Crippen LogP contribution is 2.41. The number of fused-ring (bicyclic) bond motifs is 1. The zero-order chi connectivity index (χ0) is 33.3. The molecule has 0 radical (unpaired) electrons. The van der Waals surface area contributed by atoms with E-state index in [9.17, 15) is 40.5 Å². The molecule has 7 N–H and O–H groups in total. The van der Waals surface area contributed by atoms with Crippen molar-refractivity contribution in [3.8, 4) is 34.3 Å². The minimum absolute atomic E-state index is 0.000823.